The summed E-state index contributed by atoms with van der Waals surface area (Å²) in [5.74, 6) is -2.34. The summed E-state index contributed by atoms with van der Waals surface area (Å²) in [5, 5.41) is 41.5. The Morgan fingerprint density at radius 2 is 1.32 bits per heavy atom. The molecule has 8 rings (SSSR count). The molecule has 1 saturated heterocycles. The third-order valence-electron chi connectivity index (χ3n) is 9.33. The molecule has 15 nitrogen and oxygen atoms in total. The number of fused-ring (bicyclic) bond motifs is 2. The zero-order chi connectivity index (χ0) is 41.6. The molecule has 0 radical (unpaired) electrons. The normalized spacial score (nSPS) is 12.2. The lowest BCUT2D eigenvalue weighted by Gasteiger charge is -2.26. The zero-order valence-electron chi connectivity index (χ0n) is 31.0. The Hall–Kier alpha value is -7.66. The van der Waals surface area contributed by atoms with Gasteiger partial charge in [0, 0.05) is 28.8 Å². The lowest BCUT2D eigenvalue weighted by Crippen LogP contribution is -2.40. The van der Waals surface area contributed by atoms with Crippen LogP contribution in [-0.2, 0) is 4.74 Å². The average Bonchev–Trinajstić information content (AvgIpc) is 3.89. The van der Waals surface area contributed by atoms with Gasteiger partial charge in [-0.2, -0.15) is 10.5 Å². The maximum absolute atomic E-state index is 13.0. The molecule has 0 bridgehead atoms. The summed E-state index contributed by atoms with van der Waals surface area (Å²) in [6, 6.07) is 30.7. The SMILES string of the molecule is Cc1cc(C#N)ccc1NC(=O)c1noc2cc(Br)ccc12.N#Cc1ccc(NC(=O)c2noc3ccc(-c4ccc(C(=O)N5CCOCC5)cc4)cc23)c(C(=O)O)c1. The lowest BCUT2D eigenvalue weighted by atomic mass is 10.0. The summed E-state index contributed by atoms with van der Waals surface area (Å²) in [5.41, 5.74) is 5.28. The number of morpholine rings is 1. The number of amides is 3. The van der Waals surface area contributed by atoms with E-state index in [9.17, 15) is 24.3 Å². The molecule has 7 aromatic rings. The topological polar surface area (TPSA) is 225 Å². The van der Waals surface area contributed by atoms with Crippen LogP contribution in [0.25, 0.3) is 33.1 Å². The second-order valence-corrected chi connectivity index (χ2v) is 14.0. The maximum atomic E-state index is 13.0. The fourth-order valence-corrected chi connectivity index (χ4v) is 6.59. The van der Waals surface area contributed by atoms with Gasteiger partial charge in [-0.05, 0) is 102 Å². The van der Waals surface area contributed by atoms with Gasteiger partial charge in [0.2, 0.25) is 0 Å². The number of benzene rings is 5. The minimum atomic E-state index is -1.28. The molecule has 1 aliphatic heterocycles. The maximum Gasteiger partial charge on any atom is 0.337 e. The van der Waals surface area contributed by atoms with Gasteiger partial charge in [0.25, 0.3) is 17.7 Å². The van der Waals surface area contributed by atoms with Gasteiger partial charge in [-0.25, -0.2) is 4.79 Å². The largest absolute Gasteiger partial charge is 0.478 e. The minimum absolute atomic E-state index is 0.0170. The number of hydrogen-bond donors (Lipinski definition) is 3. The fourth-order valence-electron chi connectivity index (χ4n) is 6.25. The van der Waals surface area contributed by atoms with Gasteiger partial charge in [0.15, 0.2) is 22.6 Å². The molecule has 0 aliphatic carbocycles. The highest BCUT2D eigenvalue weighted by Gasteiger charge is 2.22. The van der Waals surface area contributed by atoms with Gasteiger partial charge in [-0.1, -0.05) is 44.4 Å². The molecule has 1 fully saturated rings. The summed E-state index contributed by atoms with van der Waals surface area (Å²) in [4.78, 5) is 51.4. The first-order valence-electron chi connectivity index (χ1n) is 17.9. The van der Waals surface area contributed by atoms with E-state index in [4.69, 9.17) is 24.3 Å². The van der Waals surface area contributed by atoms with Crippen LogP contribution in [0.4, 0.5) is 11.4 Å². The molecule has 292 valence electrons. The molecule has 3 heterocycles. The van der Waals surface area contributed by atoms with E-state index in [1.165, 1.54) is 18.2 Å². The van der Waals surface area contributed by atoms with Crippen LogP contribution in [0, 0.1) is 29.6 Å². The number of halogens is 1. The number of carbonyl (C=O) groups is 4. The van der Waals surface area contributed by atoms with Gasteiger partial charge in [-0.15, -0.1) is 0 Å². The number of anilines is 2. The third-order valence-corrected chi connectivity index (χ3v) is 9.82. The number of nitrogens with one attached hydrogen (secondary N) is 2. The molecule has 0 atom stereocenters. The summed E-state index contributed by atoms with van der Waals surface area (Å²) in [7, 11) is 0. The standard InChI is InChI=1S/C27H20N4O6.C16H10BrN3O2/c28-15-16-1-7-22(20(13-16)27(34)35)29-25(32)24-21-14-19(6-8-23(21)37-30-24)17-2-4-18(5-3-17)26(33)31-9-11-36-12-10-31;1-9-6-10(8-18)2-5-13(9)19-16(21)15-12-4-3-11(17)7-14(12)22-20-15/h1-8,13-14H,9-12H2,(H,29,32)(H,34,35);2-7H,1H3,(H,19,21). The van der Waals surface area contributed by atoms with Crippen molar-refractivity contribution in [1.82, 2.24) is 15.2 Å². The number of rotatable bonds is 7. The van der Waals surface area contributed by atoms with Gasteiger partial charge >= 0.3 is 5.97 Å². The Balaban J connectivity index is 0.000000204. The minimum Gasteiger partial charge on any atom is -0.478 e. The molecule has 2 aromatic heterocycles. The number of carbonyl (C=O) groups excluding carboxylic acids is 3. The number of aryl methyl sites for hydroxylation is 1. The second kappa shape index (κ2) is 17.2. The number of nitrogens with zero attached hydrogens (tertiary/aromatic N) is 5. The third kappa shape index (κ3) is 8.69. The number of nitriles is 2. The predicted molar refractivity (Wildman–Crippen MR) is 218 cm³/mol. The highest BCUT2D eigenvalue weighted by Crippen LogP contribution is 2.29. The van der Waals surface area contributed by atoms with Crippen LogP contribution in [-0.4, -0.2) is 70.3 Å². The lowest BCUT2D eigenvalue weighted by molar-refractivity contribution is 0.0303. The molecule has 3 amide bonds. The van der Waals surface area contributed by atoms with Crippen LogP contribution >= 0.6 is 15.9 Å². The van der Waals surface area contributed by atoms with Crippen molar-refractivity contribution in [3.63, 3.8) is 0 Å². The van der Waals surface area contributed by atoms with Gasteiger partial charge in [0.1, 0.15) is 0 Å². The number of hydrogen-bond acceptors (Lipinski definition) is 11. The van der Waals surface area contributed by atoms with E-state index < -0.39 is 11.9 Å². The molecule has 0 unspecified atom stereocenters. The van der Waals surface area contributed by atoms with Crippen LogP contribution in [0.1, 0.15) is 58.4 Å². The van der Waals surface area contributed by atoms with Crippen LogP contribution in [0.2, 0.25) is 0 Å². The highest BCUT2D eigenvalue weighted by atomic mass is 79.9. The van der Waals surface area contributed by atoms with Crippen molar-refractivity contribution in [1.29, 1.82) is 10.5 Å². The van der Waals surface area contributed by atoms with Crippen LogP contribution < -0.4 is 10.6 Å². The van der Waals surface area contributed by atoms with E-state index in [1.54, 1.807) is 59.5 Å². The fraction of sp³-hybridized carbons (Fsp3) is 0.116. The molecule has 1 aliphatic rings. The summed E-state index contributed by atoms with van der Waals surface area (Å²) in [6.45, 7) is 4.01. The molecular weight excluding hydrogens is 822 g/mol. The molecule has 5 aromatic carbocycles. The van der Waals surface area contributed by atoms with E-state index >= 15 is 0 Å². The highest BCUT2D eigenvalue weighted by molar-refractivity contribution is 9.10. The molecule has 0 saturated carbocycles. The van der Waals surface area contributed by atoms with Gasteiger partial charge < -0.3 is 34.4 Å². The number of aromatic carboxylic acids is 1. The molecule has 16 heteroatoms. The zero-order valence-corrected chi connectivity index (χ0v) is 32.6. The quantitative estimate of drug-likeness (QED) is 0.140. The summed E-state index contributed by atoms with van der Waals surface area (Å²) < 4.78 is 16.6. The van der Waals surface area contributed by atoms with Crippen LogP contribution in [0.3, 0.4) is 0 Å². The second-order valence-electron chi connectivity index (χ2n) is 13.1. The molecule has 0 spiro atoms. The monoisotopic (exact) mass is 851 g/mol. The average molecular weight is 853 g/mol. The predicted octanol–water partition coefficient (Wildman–Crippen LogP) is 7.81. The Bertz CT molecular complexity index is 2870. The van der Waals surface area contributed by atoms with E-state index in [0.29, 0.717) is 65.1 Å². The Morgan fingerprint density at radius 3 is 1.98 bits per heavy atom. The van der Waals surface area contributed by atoms with Crippen LogP contribution in [0.15, 0.2) is 111 Å². The molecule has 3 N–H and O–H groups in total. The first-order valence-corrected chi connectivity index (χ1v) is 18.6. The van der Waals surface area contributed by atoms with Crippen molar-refractivity contribution in [3.8, 4) is 23.3 Å². The van der Waals surface area contributed by atoms with Gasteiger partial charge in [0.05, 0.1) is 58.5 Å². The summed E-state index contributed by atoms with van der Waals surface area (Å²) >= 11 is 3.34. The van der Waals surface area contributed by atoms with Crippen molar-refractivity contribution < 1.29 is 38.1 Å². The first kappa shape index (κ1) is 39.6. The van der Waals surface area contributed by atoms with Crippen molar-refractivity contribution in [2.45, 2.75) is 6.92 Å². The van der Waals surface area contributed by atoms with Crippen molar-refractivity contribution >= 4 is 72.9 Å². The number of carboxylic acids is 1. The van der Waals surface area contributed by atoms with Crippen molar-refractivity contribution in [2.75, 3.05) is 36.9 Å². The number of aromatic nitrogens is 2. The van der Waals surface area contributed by atoms with E-state index in [1.807, 2.05) is 37.3 Å². The Morgan fingerprint density at radius 1 is 0.712 bits per heavy atom. The van der Waals surface area contributed by atoms with E-state index in [-0.39, 0.29) is 40.0 Å². The van der Waals surface area contributed by atoms with Crippen molar-refractivity contribution in [3.05, 3.63) is 141 Å². The molecule has 59 heavy (non-hydrogen) atoms. The number of carboxylic acid groups (broad SMARTS) is 1. The van der Waals surface area contributed by atoms with E-state index in [2.05, 4.69) is 42.9 Å². The smallest absolute Gasteiger partial charge is 0.337 e. The summed E-state index contributed by atoms with van der Waals surface area (Å²) in [6.07, 6.45) is 0. The first-order chi connectivity index (χ1) is 28.5. The Labute approximate surface area is 343 Å². The number of ether oxygens (including phenoxy) is 1. The Kier molecular flexibility index (Phi) is 11.6. The molecular formula is C43H30BrN7O8. The van der Waals surface area contributed by atoms with E-state index in [0.717, 1.165) is 21.2 Å². The van der Waals surface area contributed by atoms with Crippen molar-refractivity contribution in [2.24, 2.45) is 0 Å². The van der Waals surface area contributed by atoms with Gasteiger partial charge in [-0.3, -0.25) is 14.4 Å². The van der Waals surface area contributed by atoms with Crippen LogP contribution in [0.5, 0.6) is 0 Å².